The lowest BCUT2D eigenvalue weighted by Gasteiger charge is -2.19. The van der Waals surface area contributed by atoms with Gasteiger partial charge in [-0.15, -0.1) is 0 Å². The molecule has 2 atom stereocenters. The number of carbonyl (C=O) groups is 3. The zero-order valence-corrected chi connectivity index (χ0v) is 23.1. The van der Waals surface area contributed by atoms with Gasteiger partial charge in [0.15, 0.2) is 6.61 Å². The lowest BCUT2D eigenvalue weighted by atomic mass is 9.96. The minimum Gasteiger partial charge on any atom is -0.482 e. The first-order valence-electron chi connectivity index (χ1n) is 13.0. The van der Waals surface area contributed by atoms with Crippen LogP contribution in [-0.2, 0) is 20.9 Å². The number of hydrogen-bond donors (Lipinski definition) is 4. The molecule has 2 unspecified atom stereocenters. The van der Waals surface area contributed by atoms with Crippen LogP contribution in [0.3, 0.4) is 0 Å². The normalized spacial score (nSPS) is 15.4. The molecular weight excluding hydrogens is 482 g/mol. The molecule has 1 aromatic carbocycles. The van der Waals surface area contributed by atoms with Crippen LogP contribution >= 0.6 is 0 Å². The Morgan fingerprint density at radius 3 is 2.71 bits per heavy atom. The number of aliphatic imine (C=N–C) groups is 1. The van der Waals surface area contributed by atoms with Crippen LogP contribution in [0.2, 0.25) is 0 Å². The molecule has 206 valence electrons. The Labute approximate surface area is 225 Å². The van der Waals surface area contributed by atoms with Gasteiger partial charge in [0.25, 0.3) is 11.8 Å². The molecule has 1 aromatic rings. The number of benzene rings is 1. The molecule has 2 amide bonds. The third-order valence-corrected chi connectivity index (χ3v) is 6.30. The Morgan fingerprint density at radius 2 is 2.03 bits per heavy atom. The van der Waals surface area contributed by atoms with E-state index in [9.17, 15) is 14.4 Å². The minimum atomic E-state index is -0.343. The number of anilines is 1. The summed E-state index contributed by atoms with van der Waals surface area (Å²) in [6, 6.07) is 5.38. The number of ether oxygens (including phenoxy) is 1. The third kappa shape index (κ3) is 9.53. The number of fused-ring (bicyclic) bond motifs is 1. The Morgan fingerprint density at radius 1 is 1.26 bits per heavy atom. The number of aldehydes is 1. The number of nitrogens with one attached hydrogen (secondary N) is 4. The summed E-state index contributed by atoms with van der Waals surface area (Å²) in [5.41, 5.74) is 3.68. The highest BCUT2D eigenvalue weighted by atomic mass is 16.5. The van der Waals surface area contributed by atoms with Crippen LogP contribution in [0.15, 0.2) is 58.6 Å². The highest BCUT2D eigenvalue weighted by Crippen LogP contribution is 2.28. The van der Waals surface area contributed by atoms with Gasteiger partial charge in [-0.1, -0.05) is 26.5 Å². The number of allylic oxidation sites excluding steroid dienone is 2. The van der Waals surface area contributed by atoms with E-state index in [1.807, 2.05) is 26.8 Å². The van der Waals surface area contributed by atoms with Crippen molar-refractivity contribution in [1.29, 1.82) is 0 Å². The Hall–Kier alpha value is -3.88. The summed E-state index contributed by atoms with van der Waals surface area (Å²) in [4.78, 5) is 39.9. The average Bonchev–Trinajstić information content (AvgIpc) is 2.90. The van der Waals surface area contributed by atoms with Gasteiger partial charge in [0.2, 0.25) is 0 Å². The van der Waals surface area contributed by atoms with Gasteiger partial charge in [-0.25, -0.2) is 0 Å². The van der Waals surface area contributed by atoms with E-state index in [0.717, 1.165) is 43.4 Å². The molecule has 1 aliphatic heterocycles. The maximum atomic E-state index is 13.0. The van der Waals surface area contributed by atoms with E-state index in [-0.39, 0.29) is 36.5 Å². The number of carbonyl (C=O) groups excluding carboxylic acids is 3. The average molecular weight is 524 g/mol. The second kappa shape index (κ2) is 15.4. The quantitative estimate of drug-likeness (QED) is 0.118. The molecular formula is C29H41N5O4. The highest BCUT2D eigenvalue weighted by molar-refractivity contribution is 5.97. The molecule has 0 fully saturated rings. The van der Waals surface area contributed by atoms with E-state index in [1.54, 1.807) is 31.5 Å². The van der Waals surface area contributed by atoms with Gasteiger partial charge in [0, 0.05) is 37.1 Å². The molecule has 0 spiro atoms. The topological polar surface area (TPSA) is 121 Å². The first-order chi connectivity index (χ1) is 18.2. The zero-order chi connectivity index (χ0) is 28.1. The van der Waals surface area contributed by atoms with Gasteiger partial charge >= 0.3 is 0 Å². The summed E-state index contributed by atoms with van der Waals surface area (Å²) in [6.07, 6.45) is 7.25. The van der Waals surface area contributed by atoms with Crippen molar-refractivity contribution in [1.82, 2.24) is 16.0 Å². The third-order valence-electron chi connectivity index (χ3n) is 6.30. The number of nitrogens with zero attached hydrogens (tertiary/aromatic N) is 1. The fourth-order valence-corrected chi connectivity index (χ4v) is 3.85. The number of rotatable bonds is 15. The first kappa shape index (κ1) is 30.3. The van der Waals surface area contributed by atoms with Crippen molar-refractivity contribution in [3.63, 3.8) is 0 Å². The predicted molar refractivity (Wildman–Crippen MR) is 152 cm³/mol. The SMILES string of the molecule is C=C(C(=O)NCc1ccc2c(c1)NC(=O)CO2)/C(N/C=C(\C)NCC(C)CCC(C=O)CC)=C(/C)N=CC. The smallest absolute Gasteiger partial charge is 0.262 e. The van der Waals surface area contributed by atoms with E-state index in [1.165, 1.54) is 0 Å². The molecule has 4 N–H and O–H groups in total. The number of amides is 2. The van der Waals surface area contributed by atoms with Crippen molar-refractivity contribution in [2.24, 2.45) is 16.8 Å². The lowest BCUT2D eigenvalue weighted by molar-refractivity contribution is -0.119. The minimum absolute atomic E-state index is 0.00609. The molecule has 0 aliphatic carbocycles. The molecule has 2 rings (SSSR count). The van der Waals surface area contributed by atoms with E-state index in [0.29, 0.717) is 28.7 Å². The summed E-state index contributed by atoms with van der Waals surface area (Å²) in [5.74, 6) is 0.588. The molecule has 38 heavy (non-hydrogen) atoms. The van der Waals surface area contributed by atoms with Crippen LogP contribution in [0.1, 0.15) is 59.4 Å². The Bertz CT molecular complexity index is 1110. The first-order valence-corrected chi connectivity index (χ1v) is 13.0. The molecule has 0 saturated heterocycles. The monoisotopic (exact) mass is 523 g/mol. The van der Waals surface area contributed by atoms with Gasteiger partial charge in [0.1, 0.15) is 12.0 Å². The van der Waals surface area contributed by atoms with Gasteiger partial charge < -0.3 is 30.8 Å². The maximum Gasteiger partial charge on any atom is 0.262 e. The number of hydrogen-bond acceptors (Lipinski definition) is 7. The molecule has 1 heterocycles. The predicted octanol–water partition coefficient (Wildman–Crippen LogP) is 4.19. The maximum absolute atomic E-state index is 13.0. The van der Waals surface area contributed by atoms with E-state index in [2.05, 4.69) is 39.8 Å². The van der Waals surface area contributed by atoms with Crippen molar-refractivity contribution in [2.75, 3.05) is 18.5 Å². The summed E-state index contributed by atoms with van der Waals surface area (Å²) >= 11 is 0. The van der Waals surface area contributed by atoms with Crippen LogP contribution in [0.25, 0.3) is 0 Å². The molecule has 0 radical (unpaired) electrons. The van der Waals surface area contributed by atoms with E-state index >= 15 is 0 Å². The van der Waals surface area contributed by atoms with Crippen LogP contribution in [-0.4, -0.2) is 37.5 Å². The molecule has 0 bridgehead atoms. The Kier molecular flexibility index (Phi) is 12.3. The molecule has 0 saturated carbocycles. The second-order valence-electron chi connectivity index (χ2n) is 9.52. The summed E-state index contributed by atoms with van der Waals surface area (Å²) in [5, 5.41) is 12.2. The summed E-state index contributed by atoms with van der Waals surface area (Å²) in [6.45, 7) is 14.8. The summed E-state index contributed by atoms with van der Waals surface area (Å²) < 4.78 is 5.38. The summed E-state index contributed by atoms with van der Waals surface area (Å²) in [7, 11) is 0. The molecule has 9 heteroatoms. The second-order valence-corrected chi connectivity index (χ2v) is 9.52. The Balaban J connectivity index is 1.97. The van der Waals surface area contributed by atoms with Crippen molar-refractivity contribution < 1.29 is 19.1 Å². The van der Waals surface area contributed by atoms with Crippen LogP contribution in [0.5, 0.6) is 5.75 Å². The lowest BCUT2D eigenvalue weighted by Crippen LogP contribution is -2.29. The molecule has 9 nitrogen and oxygen atoms in total. The van der Waals surface area contributed by atoms with E-state index < -0.39 is 0 Å². The van der Waals surface area contributed by atoms with Crippen molar-refractivity contribution >= 4 is 30.0 Å². The molecule has 0 aromatic heterocycles. The van der Waals surface area contributed by atoms with Crippen LogP contribution in [0.4, 0.5) is 5.69 Å². The van der Waals surface area contributed by atoms with Crippen LogP contribution < -0.4 is 26.0 Å². The van der Waals surface area contributed by atoms with Crippen molar-refractivity contribution in [2.45, 2.75) is 60.4 Å². The highest BCUT2D eigenvalue weighted by Gasteiger charge is 2.18. The largest absolute Gasteiger partial charge is 0.482 e. The van der Waals surface area contributed by atoms with Crippen LogP contribution in [0, 0.1) is 11.8 Å². The van der Waals surface area contributed by atoms with Gasteiger partial charge in [-0.2, -0.15) is 0 Å². The van der Waals surface area contributed by atoms with Gasteiger partial charge in [0.05, 0.1) is 22.7 Å². The van der Waals surface area contributed by atoms with Crippen molar-refractivity contribution in [3.05, 3.63) is 59.2 Å². The van der Waals surface area contributed by atoms with Gasteiger partial charge in [-0.3, -0.25) is 14.6 Å². The van der Waals surface area contributed by atoms with E-state index in [4.69, 9.17) is 4.74 Å². The standard InChI is InChI=1S/C29H41N5O4/c1-7-23(17-35)10-9-19(3)14-31-20(4)15-32-28(22(6)30-8-2)21(5)29(37)33-16-24-11-12-26-25(13-24)34-27(36)18-38-26/h8,11-13,15,17,19,23,31-32H,5,7,9-10,14,16,18H2,1-4,6H3,(H,33,37)(H,34,36)/b20-15+,28-22+,30-8?. The molecule has 1 aliphatic rings. The van der Waals surface area contributed by atoms with Gasteiger partial charge in [-0.05, 0) is 63.6 Å². The fourth-order valence-electron chi connectivity index (χ4n) is 3.85. The zero-order valence-electron chi connectivity index (χ0n) is 23.1. The fraction of sp³-hybridized carbons (Fsp3) is 0.448. The van der Waals surface area contributed by atoms with Crippen molar-refractivity contribution in [3.8, 4) is 5.75 Å².